The van der Waals surface area contributed by atoms with Gasteiger partial charge in [0.2, 0.25) is 0 Å². The average molecular weight is 228 g/mol. The zero-order chi connectivity index (χ0) is 11.3. The molecule has 0 radical (unpaired) electrons. The van der Waals surface area contributed by atoms with Gasteiger partial charge < -0.3 is 5.11 Å². The second-order valence-electron chi connectivity index (χ2n) is 2.71. The topological polar surface area (TPSA) is 54.4 Å². The van der Waals surface area contributed by atoms with E-state index in [1.807, 2.05) is 0 Å². The summed E-state index contributed by atoms with van der Waals surface area (Å²) in [6.45, 7) is -0.114. The lowest BCUT2D eigenvalue weighted by Gasteiger charge is -1.97. The van der Waals surface area contributed by atoms with E-state index in [2.05, 4.69) is 11.8 Å². The Balaban J connectivity index is 3.15. The van der Waals surface area contributed by atoms with Gasteiger partial charge in [-0.1, -0.05) is 24.0 Å². The molecule has 15 heavy (non-hydrogen) atoms. The average Bonchev–Trinajstić information content (AvgIpc) is 2.17. The minimum absolute atomic E-state index is 0.105. The molecule has 1 aromatic carbocycles. The molecule has 0 saturated carbocycles. The molecule has 3 nitrogen and oxygen atoms in total. The monoisotopic (exact) mass is 228 g/mol. The molecular weight excluding hydrogens is 219 g/mol. The summed E-state index contributed by atoms with van der Waals surface area (Å²) in [6, 6.07) is 5.55. The van der Waals surface area contributed by atoms with Crippen LogP contribution >= 0.6 is 0 Å². The second kappa shape index (κ2) is 4.91. The molecular formula is C10H9FO3S. The quantitative estimate of drug-likeness (QED) is 0.608. The summed E-state index contributed by atoms with van der Waals surface area (Å²) in [6.07, 6.45) is 0.223. The van der Waals surface area contributed by atoms with E-state index in [4.69, 9.17) is 5.11 Å². The maximum absolute atomic E-state index is 12.7. The molecule has 0 spiro atoms. The molecule has 0 atom stereocenters. The van der Waals surface area contributed by atoms with E-state index < -0.39 is 15.1 Å². The van der Waals surface area contributed by atoms with Gasteiger partial charge in [0.15, 0.2) is 0 Å². The number of hydrogen-bond donors (Lipinski definition) is 1. The van der Waals surface area contributed by atoms with Gasteiger partial charge in [0.25, 0.3) is 0 Å². The number of halogens is 1. The van der Waals surface area contributed by atoms with Crippen LogP contribution in [0.4, 0.5) is 3.89 Å². The Morgan fingerprint density at radius 2 is 2.00 bits per heavy atom. The normalized spacial score (nSPS) is 10.5. The van der Waals surface area contributed by atoms with Crippen LogP contribution in [0.1, 0.15) is 12.0 Å². The van der Waals surface area contributed by atoms with Crippen molar-refractivity contribution in [2.75, 3.05) is 6.61 Å². The molecule has 0 heterocycles. The first-order valence-corrected chi connectivity index (χ1v) is 5.57. The van der Waals surface area contributed by atoms with Crippen LogP contribution in [0.15, 0.2) is 29.2 Å². The first-order valence-electron chi connectivity index (χ1n) is 4.19. The minimum atomic E-state index is -4.74. The molecule has 0 aliphatic heterocycles. The standard InChI is InChI=1S/C10H9FO3S/c11-15(13,14)10-7-2-1-5-9(10)6-3-4-8-12/h1-2,5,7,12H,4,8H2. The highest BCUT2D eigenvalue weighted by Gasteiger charge is 2.14. The third-order valence-corrected chi connectivity index (χ3v) is 2.49. The fourth-order valence-corrected chi connectivity index (χ4v) is 1.62. The van der Waals surface area contributed by atoms with E-state index in [0.717, 1.165) is 6.07 Å². The number of benzene rings is 1. The molecule has 5 heteroatoms. The lowest BCUT2D eigenvalue weighted by atomic mass is 10.2. The van der Waals surface area contributed by atoms with Crippen LogP contribution in [0.5, 0.6) is 0 Å². The van der Waals surface area contributed by atoms with E-state index in [1.54, 1.807) is 6.07 Å². The third kappa shape index (κ3) is 3.35. The molecule has 0 saturated heterocycles. The zero-order valence-electron chi connectivity index (χ0n) is 7.77. The van der Waals surface area contributed by atoms with Gasteiger partial charge in [0, 0.05) is 12.0 Å². The van der Waals surface area contributed by atoms with E-state index in [-0.39, 0.29) is 18.6 Å². The SMILES string of the molecule is O=S(=O)(F)c1ccccc1C#CCCO. The maximum atomic E-state index is 12.7. The summed E-state index contributed by atoms with van der Waals surface area (Å²) >= 11 is 0. The van der Waals surface area contributed by atoms with Crippen molar-refractivity contribution in [3.8, 4) is 11.8 Å². The number of hydrogen-bond acceptors (Lipinski definition) is 3. The van der Waals surface area contributed by atoms with Crippen molar-refractivity contribution >= 4 is 10.2 Å². The largest absolute Gasteiger partial charge is 0.395 e. The lowest BCUT2D eigenvalue weighted by Crippen LogP contribution is -1.95. The molecule has 0 amide bonds. The number of aliphatic hydroxyl groups excluding tert-OH is 1. The lowest BCUT2D eigenvalue weighted by molar-refractivity contribution is 0.305. The molecule has 1 aromatic rings. The van der Waals surface area contributed by atoms with Crippen molar-refractivity contribution in [3.63, 3.8) is 0 Å². The van der Waals surface area contributed by atoms with Crippen molar-refractivity contribution in [1.29, 1.82) is 0 Å². The first kappa shape index (κ1) is 11.7. The Morgan fingerprint density at radius 1 is 1.33 bits per heavy atom. The van der Waals surface area contributed by atoms with Crippen LogP contribution in [0, 0.1) is 11.8 Å². The Hall–Kier alpha value is -1.38. The van der Waals surface area contributed by atoms with Crippen LogP contribution in [-0.2, 0) is 10.2 Å². The van der Waals surface area contributed by atoms with E-state index in [0.29, 0.717) is 0 Å². The van der Waals surface area contributed by atoms with Crippen molar-refractivity contribution in [1.82, 2.24) is 0 Å². The Morgan fingerprint density at radius 3 is 2.60 bits per heavy atom. The van der Waals surface area contributed by atoms with Gasteiger partial charge in [-0.2, -0.15) is 8.42 Å². The summed E-state index contributed by atoms with van der Waals surface area (Å²) in [7, 11) is -4.74. The van der Waals surface area contributed by atoms with Gasteiger partial charge in [-0.3, -0.25) is 0 Å². The molecule has 0 bridgehead atoms. The molecule has 1 rings (SSSR count). The highest BCUT2D eigenvalue weighted by molar-refractivity contribution is 7.86. The van der Waals surface area contributed by atoms with E-state index >= 15 is 0 Å². The van der Waals surface area contributed by atoms with Crippen LogP contribution < -0.4 is 0 Å². The Kier molecular flexibility index (Phi) is 3.83. The highest BCUT2D eigenvalue weighted by Crippen LogP contribution is 2.16. The Bertz CT molecular complexity index is 497. The summed E-state index contributed by atoms with van der Waals surface area (Å²) in [5.74, 6) is 5.02. The molecule has 80 valence electrons. The van der Waals surface area contributed by atoms with Crippen molar-refractivity contribution < 1.29 is 17.4 Å². The van der Waals surface area contributed by atoms with Gasteiger partial charge in [0.05, 0.1) is 6.61 Å². The fourth-order valence-electron chi connectivity index (χ4n) is 0.996. The Labute approximate surface area is 87.8 Å². The summed E-state index contributed by atoms with van der Waals surface area (Å²) in [5, 5.41) is 8.48. The fraction of sp³-hybridized carbons (Fsp3) is 0.200. The predicted octanol–water partition coefficient (Wildman–Crippen LogP) is 1.08. The van der Waals surface area contributed by atoms with Crippen molar-refractivity contribution in [2.45, 2.75) is 11.3 Å². The second-order valence-corrected chi connectivity index (χ2v) is 4.02. The molecule has 0 aromatic heterocycles. The summed E-state index contributed by atoms with van der Waals surface area (Å²) < 4.78 is 34.2. The van der Waals surface area contributed by atoms with Gasteiger partial charge >= 0.3 is 10.2 Å². The number of aliphatic hydroxyl groups is 1. The maximum Gasteiger partial charge on any atom is 0.333 e. The van der Waals surface area contributed by atoms with E-state index in [9.17, 15) is 12.3 Å². The molecule has 0 fully saturated rings. The molecule has 0 aliphatic carbocycles. The molecule has 0 unspecified atom stereocenters. The third-order valence-electron chi connectivity index (χ3n) is 1.61. The van der Waals surface area contributed by atoms with E-state index in [1.165, 1.54) is 12.1 Å². The van der Waals surface area contributed by atoms with Crippen LogP contribution in [-0.4, -0.2) is 20.1 Å². The van der Waals surface area contributed by atoms with Crippen LogP contribution in [0.25, 0.3) is 0 Å². The van der Waals surface area contributed by atoms with Crippen molar-refractivity contribution in [3.05, 3.63) is 29.8 Å². The van der Waals surface area contributed by atoms with Gasteiger partial charge in [-0.25, -0.2) is 0 Å². The smallest absolute Gasteiger partial charge is 0.333 e. The van der Waals surface area contributed by atoms with Crippen molar-refractivity contribution in [2.24, 2.45) is 0 Å². The molecule has 0 aliphatic rings. The summed E-state index contributed by atoms with van der Waals surface area (Å²) in [5.41, 5.74) is 0.105. The highest BCUT2D eigenvalue weighted by atomic mass is 32.3. The summed E-state index contributed by atoms with van der Waals surface area (Å²) in [4.78, 5) is -0.435. The minimum Gasteiger partial charge on any atom is -0.395 e. The van der Waals surface area contributed by atoms with Gasteiger partial charge in [-0.05, 0) is 12.1 Å². The zero-order valence-corrected chi connectivity index (χ0v) is 8.59. The predicted molar refractivity (Wildman–Crippen MR) is 53.3 cm³/mol. The van der Waals surface area contributed by atoms with Crippen LogP contribution in [0.2, 0.25) is 0 Å². The van der Waals surface area contributed by atoms with Gasteiger partial charge in [0.1, 0.15) is 4.90 Å². The van der Waals surface area contributed by atoms with Gasteiger partial charge in [-0.15, -0.1) is 3.89 Å². The number of rotatable bonds is 2. The van der Waals surface area contributed by atoms with Crippen LogP contribution in [0.3, 0.4) is 0 Å². The first-order chi connectivity index (χ1) is 7.05. The molecule has 1 N–H and O–H groups in total.